The highest BCUT2D eigenvalue weighted by molar-refractivity contribution is 7.17. The molecule has 1 amide bonds. The van der Waals surface area contributed by atoms with Gasteiger partial charge in [-0.2, -0.15) is 0 Å². The lowest BCUT2D eigenvalue weighted by molar-refractivity contribution is 0.0949. The van der Waals surface area contributed by atoms with Crippen molar-refractivity contribution in [1.29, 1.82) is 0 Å². The fourth-order valence-electron chi connectivity index (χ4n) is 1.47. The summed E-state index contributed by atoms with van der Waals surface area (Å²) in [6, 6.07) is 7.56. The molecule has 0 radical (unpaired) electrons. The number of nitrogens with one attached hydrogen (secondary N) is 1. The highest BCUT2D eigenvalue weighted by atomic mass is 35.5. The van der Waals surface area contributed by atoms with Crippen molar-refractivity contribution in [2.75, 3.05) is 6.61 Å². The van der Waals surface area contributed by atoms with E-state index < -0.39 is 0 Å². The minimum atomic E-state index is -0.286. The number of hydrogen-bond acceptors (Lipinski definition) is 5. The molecule has 0 aliphatic carbocycles. The molecule has 0 bridgehead atoms. The van der Waals surface area contributed by atoms with Crippen molar-refractivity contribution in [2.24, 2.45) is 0 Å². The van der Waals surface area contributed by atoms with Gasteiger partial charge >= 0.3 is 0 Å². The minimum Gasteiger partial charge on any atom is -0.494 e. The van der Waals surface area contributed by atoms with Gasteiger partial charge in [0.2, 0.25) is 9.47 Å². The van der Waals surface area contributed by atoms with E-state index in [9.17, 15) is 4.79 Å². The highest BCUT2D eigenvalue weighted by Crippen LogP contribution is 2.15. The van der Waals surface area contributed by atoms with E-state index in [0.29, 0.717) is 13.2 Å². The summed E-state index contributed by atoms with van der Waals surface area (Å²) in [7, 11) is 0. The summed E-state index contributed by atoms with van der Waals surface area (Å²) in [6.45, 7) is 2.93. The van der Waals surface area contributed by atoms with Gasteiger partial charge < -0.3 is 10.1 Å². The summed E-state index contributed by atoms with van der Waals surface area (Å²) in [5.74, 6) is 0.499. The molecule has 5 nitrogen and oxygen atoms in total. The van der Waals surface area contributed by atoms with Crippen LogP contribution < -0.4 is 10.1 Å². The Morgan fingerprint density at radius 2 is 2.32 bits per heavy atom. The van der Waals surface area contributed by atoms with Gasteiger partial charge in [-0.15, -0.1) is 10.2 Å². The third-order valence-corrected chi connectivity index (χ3v) is 3.27. The van der Waals surface area contributed by atoms with E-state index in [1.807, 2.05) is 31.2 Å². The Balaban J connectivity index is 1.95. The summed E-state index contributed by atoms with van der Waals surface area (Å²) < 4.78 is 5.64. The zero-order valence-electron chi connectivity index (χ0n) is 10.2. The molecule has 0 aliphatic heterocycles. The molecule has 19 heavy (non-hydrogen) atoms. The van der Waals surface area contributed by atoms with Crippen LogP contribution in [0.1, 0.15) is 22.3 Å². The Labute approximate surface area is 119 Å². The maximum atomic E-state index is 11.7. The first kappa shape index (κ1) is 13.8. The Kier molecular flexibility index (Phi) is 4.70. The van der Waals surface area contributed by atoms with Crippen LogP contribution in [0.5, 0.6) is 5.75 Å². The second-order valence-corrected chi connectivity index (χ2v) is 5.18. The Morgan fingerprint density at radius 1 is 1.47 bits per heavy atom. The maximum Gasteiger partial charge on any atom is 0.282 e. The Morgan fingerprint density at radius 3 is 3.00 bits per heavy atom. The van der Waals surface area contributed by atoms with Gasteiger partial charge in [0.15, 0.2) is 0 Å². The van der Waals surface area contributed by atoms with Gasteiger partial charge in [-0.3, -0.25) is 4.79 Å². The number of benzene rings is 1. The normalized spacial score (nSPS) is 10.2. The van der Waals surface area contributed by atoms with Gasteiger partial charge in [0.25, 0.3) is 5.91 Å². The van der Waals surface area contributed by atoms with Crippen molar-refractivity contribution in [2.45, 2.75) is 13.5 Å². The third-order valence-electron chi connectivity index (χ3n) is 2.26. The van der Waals surface area contributed by atoms with Crippen LogP contribution in [0.2, 0.25) is 4.47 Å². The van der Waals surface area contributed by atoms with Crippen molar-refractivity contribution in [3.05, 3.63) is 39.3 Å². The number of nitrogens with zero attached hydrogens (tertiary/aromatic N) is 2. The molecular weight excluding hydrogens is 286 g/mol. The molecule has 0 saturated carbocycles. The van der Waals surface area contributed by atoms with Crippen LogP contribution >= 0.6 is 22.9 Å². The fourth-order valence-corrected chi connectivity index (χ4v) is 2.21. The summed E-state index contributed by atoms with van der Waals surface area (Å²) >= 11 is 6.67. The second kappa shape index (κ2) is 6.49. The zero-order chi connectivity index (χ0) is 13.7. The molecule has 0 atom stereocenters. The van der Waals surface area contributed by atoms with Gasteiger partial charge in [-0.25, -0.2) is 0 Å². The van der Waals surface area contributed by atoms with E-state index in [2.05, 4.69) is 15.5 Å². The third kappa shape index (κ3) is 3.90. The summed E-state index contributed by atoms with van der Waals surface area (Å²) in [6.07, 6.45) is 0. The summed E-state index contributed by atoms with van der Waals surface area (Å²) in [5, 5.41) is 10.3. The van der Waals surface area contributed by atoms with Crippen LogP contribution in [-0.4, -0.2) is 22.7 Å². The molecule has 1 N–H and O–H groups in total. The quantitative estimate of drug-likeness (QED) is 0.921. The first-order chi connectivity index (χ1) is 9.19. The molecule has 0 unspecified atom stereocenters. The topological polar surface area (TPSA) is 64.1 Å². The van der Waals surface area contributed by atoms with Crippen LogP contribution in [0.4, 0.5) is 0 Å². The monoisotopic (exact) mass is 297 g/mol. The van der Waals surface area contributed by atoms with Gasteiger partial charge in [0, 0.05) is 6.54 Å². The van der Waals surface area contributed by atoms with Gasteiger partial charge in [-0.1, -0.05) is 23.5 Å². The van der Waals surface area contributed by atoms with Gasteiger partial charge in [0.1, 0.15) is 5.75 Å². The Bertz CT molecular complexity index is 574. The van der Waals surface area contributed by atoms with E-state index in [1.54, 1.807) is 0 Å². The first-order valence-corrected chi connectivity index (χ1v) is 6.87. The molecule has 2 aromatic rings. The van der Waals surface area contributed by atoms with E-state index in [0.717, 1.165) is 22.6 Å². The average Bonchev–Trinajstić information content (AvgIpc) is 2.84. The highest BCUT2D eigenvalue weighted by Gasteiger charge is 2.11. The summed E-state index contributed by atoms with van der Waals surface area (Å²) in [5.41, 5.74) is 0.954. The van der Waals surface area contributed by atoms with Crippen LogP contribution in [0.15, 0.2) is 24.3 Å². The number of amides is 1. The molecule has 100 valence electrons. The van der Waals surface area contributed by atoms with Crippen molar-refractivity contribution >= 4 is 28.8 Å². The smallest absolute Gasteiger partial charge is 0.282 e. The molecule has 0 aliphatic rings. The van der Waals surface area contributed by atoms with E-state index in [-0.39, 0.29) is 15.4 Å². The van der Waals surface area contributed by atoms with Crippen molar-refractivity contribution in [3.63, 3.8) is 0 Å². The lowest BCUT2D eigenvalue weighted by Crippen LogP contribution is -2.22. The molecule has 0 saturated heterocycles. The van der Waals surface area contributed by atoms with E-state index in [1.165, 1.54) is 0 Å². The zero-order valence-corrected chi connectivity index (χ0v) is 11.8. The minimum absolute atomic E-state index is 0.253. The lowest BCUT2D eigenvalue weighted by Gasteiger charge is -2.06. The van der Waals surface area contributed by atoms with Gasteiger partial charge in [-0.05, 0) is 36.2 Å². The van der Waals surface area contributed by atoms with E-state index >= 15 is 0 Å². The molecule has 0 spiro atoms. The Hall–Kier alpha value is -1.66. The fraction of sp³-hybridized carbons (Fsp3) is 0.250. The average molecular weight is 298 g/mol. The number of hydrogen-bond donors (Lipinski definition) is 1. The van der Waals surface area contributed by atoms with Crippen molar-refractivity contribution in [3.8, 4) is 5.75 Å². The van der Waals surface area contributed by atoms with Crippen LogP contribution in [0.3, 0.4) is 0 Å². The van der Waals surface area contributed by atoms with Crippen molar-refractivity contribution < 1.29 is 9.53 Å². The standard InChI is InChI=1S/C12H12ClN3O2S/c1-2-18-9-5-3-4-8(6-9)7-14-10(17)11-15-16-12(13)19-11/h3-6H,2,7H2,1H3,(H,14,17). The van der Waals surface area contributed by atoms with Crippen molar-refractivity contribution in [1.82, 2.24) is 15.5 Å². The van der Waals surface area contributed by atoms with E-state index in [4.69, 9.17) is 16.3 Å². The predicted octanol–water partition coefficient (Wildman–Crippen LogP) is 2.52. The maximum absolute atomic E-state index is 11.7. The SMILES string of the molecule is CCOc1cccc(CNC(=O)c2nnc(Cl)s2)c1. The molecule has 1 heterocycles. The number of carbonyl (C=O) groups excluding carboxylic acids is 1. The first-order valence-electron chi connectivity index (χ1n) is 5.68. The van der Waals surface area contributed by atoms with Crippen LogP contribution in [0, 0.1) is 0 Å². The van der Waals surface area contributed by atoms with Crippen LogP contribution in [-0.2, 0) is 6.54 Å². The molecule has 7 heteroatoms. The number of rotatable bonds is 5. The number of aromatic nitrogens is 2. The van der Waals surface area contributed by atoms with Crippen LogP contribution in [0.25, 0.3) is 0 Å². The molecule has 0 fully saturated rings. The number of ether oxygens (including phenoxy) is 1. The molecule has 1 aromatic carbocycles. The molecule has 1 aromatic heterocycles. The number of carbonyl (C=O) groups is 1. The lowest BCUT2D eigenvalue weighted by atomic mass is 10.2. The predicted molar refractivity (Wildman–Crippen MR) is 73.7 cm³/mol. The molecule has 2 rings (SSSR count). The largest absolute Gasteiger partial charge is 0.494 e. The summed E-state index contributed by atoms with van der Waals surface area (Å²) in [4.78, 5) is 11.7. The van der Waals surface area contributed by atoms with Gasteiger partial charge in [0.05, 0.1) is 6.61 Å². The number of halogens is 1. The molecular formula is C12H12ClN3O2S. The second-order valence-electron chi connectivity index (χ2n) is 3.62.